The van der Waals surface area contributed by atoms with E-state index in [9.17, 15) is 5.11 Å². The van der Waals surface area contributed by atoms with E-state index in [0.717, 1.165) is 27.8 Å². The molecule has 1 atom stereocenters. The van der Waals surface area contributed by atoms with Crippen molar-refractivity contribution < 1.29 is 9.84 Å². The molecule has 0 saturated heterocycles. The maximum absolute atomic E-state index is 9.86. The van der Waals surface area contributed by atoms with E-state index in [2.05, 4.69) is 15.9 Å². The SMILES string of the molecule is CC1(C)Cc2cc(Br)cc(C(O)CN)c2O1. The van der Waals surface area contributed by atoms with Crippen LogP contribution in [0.15, 0.2) is 16.6 Å². The molecule has 0 aromatic heterocycles. The molecule has 4 heteroatoms. The lowest BCUT2D eigenvalue weighted by Crippen LogP contribution is -2.25. The lowest BCUT2D eigenvalue weighted by atomic mass is 9.99. The molecule has 3 N–H and O–H groups in total. The van der Waals surface area contributed by atoms with Gasteiger partial charge in [-0.25, -0.2) is 0 Å². The third kappa shape index (κ3) is 2.10. The monoisotopic (exact) mass is 285 g/mol. The molecule has 2 rings (SSSR count). The van der Waals surface area contributed by atoms with Crippen LogP contribution in [0, 0.1) is 0 Å². The van der Waals surface area contributed by atoms with Gasteiger partial charge in [-0.3, -0.25) is 0 Å². The van der Waals surface area contributed by atoms with Crippen molar-refractivity contribution in [3.63, 3.8) is 0 Å². The van der Waals surface area contributed by atoms with Gasteiger partial charge >= 0.3 is 0 Å². The molecule has 0 fully saturated rings. The van der Waals surface area contributed by atoms with Crippen LogP contribution in [0.1, 0.15) is 31.1 Å². The minimum absolute atomic E-state index is 0.201. The van der Waals surface area contributed by atoms with Crippen LogP contribution in [-0.2, 0) is 6.42 Å². The predicted octanol–water partition coefficient (Wildman–Crippen LogP) is 2.15. The van der Waals surface area contributed by atoms with Crippen molar-refractivity contribution in [2.24, 2.45) is 5.73 Å². The zero-order valence-electron chi connectivity index (χ0n) is 9.46. The largest absolute Gasteiger partial charge is 0.487 e. The quantitative estimate of drug-likeness (QED) is 0.876. The highest BCUT2D eigenvalue weighted by Crippen LogP contribution is 2.41. The Morgan fingerprint density at radius 2 is 2.25 bits per heavy atom. The second-order valence-corrected chi connectivity index (χ2v) is 5.69. The zero-order valence-corrected chi connectivity index (χ0v) is 11.0. The number of aliphatic hydroxyl groups is 1. The molecule has 0 saturated carbocycles. The van der Waals surface area contributed by atoms with Gasteiger partial charge in [0.25, 0.3) is 0 Å². The Kier molecular flexibility index (Phi) is 2.99. The maximum Gasteiger partial charge on any atom is 0.129 e. The first kappa shape index (κ1) is 11.9. The molecule has 0 aliphatic carbocycles. The van der Waals surface area contributed by atoms with Gasteiger partial charge < -0.3 is 15.6 Å². The van der Waals surface area contributed by atoms with Crippen molar-refractivity contribution in [1.82, 2.24) is 0 Å². The van der Waals surface area contributed by atoms with Gasteiger partial charge in [0.2, 0.25) is 0 Å². The van der Waals surface area contributed by atoms with E-state index < -0.39 is 6.10 Å². The van der Waals surface area contributed by atoms with Crippen LogP contribution in [0.2, 0.25) is 0 Å². The second-order valence-electron chi connectivity index (χ2n) is 4.77. The van der Waals surface area contributed by atoms with Gasteiger partial charge in [-0.2, -0.15) is 0 Å². The highest BCUT2D eigenvalue weighted by atomic mass is 79.9. The molecule has 3 nitrogen and oxygen atoms in total. The molecule has 0 bridgehead atoms. The normalized spacial score (nSPS) is 19.1. The molecule has 88 valence electrons. The standard InChI is InChI=1S/C12H16BrNO2/c1-12(2)5-7-3-8(13)4-9(10(15)6-14)11(7)16-12/h3-4,10,15H,5-6,14H2,1-2H3. The van der Waals surface area contributed by atoms with E-state index in [0.29, 0.717) is 0 Å². The Hall–Kier alpha value is -0.580. The van der Waals surface area contributed by atoms with E-state index in [1.807, 2.05) is 26.0 Å². The fourth-order valence-electron chi connectivity index (χ4n) is 2.07. The van der Waals surface area contributed by atoms with E-state index in [-0.39, 0.29) is 12.1 Å². The average molecular weight is 286 g/mol. The molecular weight excluding hydrogens is 270 g/mol. The molecule has 0 radical (unpaired) electrons. The van der Waals surface area contributed by atoms with Gasteiger partial charge in [0, 0.05) is 23.0 Å². The molecule has 1 aromatic rings. The van der Waals surface area contributed by atoms with Gasteiger partial charge in [-0.15, -0.1) is 0 Å². The highest BCUT2D eigenvalue weighted by Gasteiger charge is 2.33. The number of aliphatic hydroxyl groups excluding tert-OH is 1. The van der Waals surface area contributed by atoms with Crippen molar-refractivity contribution in [3.05, 3.63) is 27.7 Å². The fourth-order valence-corrected chi connectivity index (χ4v) is 2.60. The lowest BCUT2D eigenvalue weighted by molar-refractivity contribution is 0.127. The number of halogens is 1. The molecule has 1 unspecified atom stereocenters. The third-order valence-corrected chi connectivity index (χ3v) is 3.19. The summed E-state index contributed by atoms with van der Waals surface area (Å²) in [6, 6.07) is 3.91. The second kappa shape index (κ2) is 4.02. The highest BCUT2D eigenvalue weighted by molar-refractivity contribution is 9.10. The predicted molar refractivity (Wildman–Crippen MR) is 66.6 cm³/mol. The molecular formula is C12H16BrNO2. The number of hydrogen-bond acceptors (Lipinski definition) is 3. The summed E-state index contributed by atoms with van der Waals surface area (Å²) in [6.45, 7) is 4.28. The van der Waals surface area contributed by atoms with Crippen LogP contribution < -0.4 is 10.5 Å². The molecule has 1 aliphatic rings. The van der Waals surface area contributed by atoms with Crippen LogP contribution in [0.4, 0.5) is 0 Å². The Morgan fingerprint density at radius 1 is 1.56 bits per heavy atom. The van der Waals surface area contributed by atoms with Gasteiger partial charge in [0.15, 0.2) is 0 Å². The number of ether oxygens (including phenoxy) is 1. The van der Waals surface area contributed by atoms with E-state index in [1.165, 1.54) is 0 Å². The first-order chi connectivity index (χ1) is 7.43. The van der Waals surface area contributed by atoms with Crippen molar-refractivity contribution in [2.45, 2.75) is 32.0 Å². The number of rotatable bonds is 2. The van der Waals surface area contributed by atoms with Gasteiger partial charge in [-0.1, -0.05) is 15.9 Å². The first-order valence-electron chi connectivity index (χ1n) is 5.32. The van der Waals surface area contributed by atoms with Crippen LogP contribution in [0.3, 0.4) is 0 Å². The molecule has 1 aliphatic heterocycles. The summed E-state index contributed by atoms with van der Waals surface area (Å²) in [5, 5.41) is 9.86. The van der Waals surface area contributed by atoms with Crippen LogP contribution in [0.25, 0.3) is 0 Å². The van der Waals surface area contributed by atoms with Crippen molar-refractivity contribution in [3.8, 4) is 5.75 Å². The Balaban J connectivity index is 2.49. The topological polar surface area (TPSA) is 55.5 Å². The summed E-state index contributed by atoms with van der Waals surface area (Å²) in [5.41, 5.74) is 7.19. The smallest absolute Gasteiger partial charge is 0.129 e. The minimum Gasteiger partial charge on any atom is -0.487 e. The van der Waals surface area contributed by atoms with Crippen molar-refractivity contribution >= 4 is 15.9 Å². The molecule has 0 amide bonds. The number of hydrogen-bond donors (Lipinski definition) is 2. The number of nitrogens with two attached hydrogens (primary N) is 1. The maximum atomic E-state index is 9.86. The van der Waals surface area contributed by atoms with Gasteiger partial charge in [0.05, 0.1) is 6.10 Å². The fraction of sp³-hybridized carbons (Fsp3) is 0.500. The van der Waals surface area contributed by atoms with E-state index in [1.54, 1.807) is 0 Å². The molecule has 16 heavy (non-hydrogen) atoms. The van der Waals surface area contributed by atoms with E-state index in [4.69, 9.17) is 10.5 Å². The van der Waals surface area contributed by atoms with Gasteiger partial charge in [0.1, 0.15) is 11.4 Å². The first-order valence-corrected chi connectivity index (χ1v) is 6.12. The summed E-state index contributed by atoms with van der Waals surface area (Å²) >= 11 is 3.44. The lowest BCUT2D eigenvalue weighted by Gasteiger charge is -2.19. The minimum atomic E-state index is -0.667. The summed E-state index contributed by atoms with van der Waals surface area (Å²) in [6.07, 6.45) is 0.187. The molecule has 1 heterocycles. The van der Waals surface area contributed by atoms with Crippen LogP contribution in [0.5, 0.6) is 5.75 Å². The third-order valence-electron chi connectivity index (χ3n) is 2.74. The summed E-state index contributed by atoms with van der Waals surface area (Å²) in [5.74, 6) is 0.797. The van der Waals surface area contributed by atoms with Crippen molar-refractivity contribution in [1.29, 1.82) is 0 Å². The van der Waals surface area contributed by atoms with Gasteiger partial charge in [-0.05, 0) is 31.5 Å². The summed E-state index contributed by atoms with van der Waals surface area (Å²) in [4.78, 5) is 0. The zero-order chi connectivity index (χ0) is 11.9. The summed E-state index contributed by atoms with van der Waals surface area (Å²) < 4.78 is 6.82. The van der Waals surface area contributed by atoms with E-state index >= 15 is 0 Å². The van der Waals surface area contributed by atoms with Crippen molar-refractivity contribution in [2.75, 3.05) is 6.54 Å². The molecule has 1 aromatic carbocycles. The van der Waals surface area contributed by atoms with Crippen LogP contribution in [-0.4, -0.2) is 17.3 Å². The average Bonchev–Trinajstić information content (AvgIpc) is 2.49. The Bertz CT molecular complexity index is 418. The number of fused-ring (bicyclic) bond motifs is 1. The van der Waals surface area contributed by atoms with Crippen LogP contribution >= 0.6 is 15.9 Å². The number of benzene rings is 1. The molecule has 0 spiro atoms. The Labute approximate surface area is 104 Å². The Morgan fingerprint density at radius 3 is 2.88 bits per heavy atom. The summed E-state index contributed by atoms with van der Waals surface area (Å²) in [7, 11) is 0.